The number of carbonyl (C=O) groups is 1. The maximum atomic E-state index is 12.1. The second-order valence-corrected chi connectivity index (χ2v) is 6.17. The number of halogens is 1. The second-order valence-electron chi connectivity index (χ2n) is 5.31. The van der Waals surface area contributed by atoms with Crippen LogP contribution in [0.1, 0.15) is 28.9 Å². The number of hydrogen-bond acceptors (Lipinski definition) is 6. The van der Waals surface area contributed by atoms with Gasteiger partial charge in [-0.15, -0.1) is 0 Å². The van der Waals surface area contributed by atoms with Crippen molar-refractivity contribution in [1.82, 2.24) is 19.6 Å². The summed E-state index contributed by atoms with van der Waals surface area (Å²) in [7, 11) is 0. The first-order valence-electron chi connectivity index (χ1n) is 7.68. The van der Waals surface area contributed by atoms with E-state index in [0.717, 1.165) is 0 Å². The zero-order chi connectivity index (χ0) is 18.7. The lowest BCUT2D eigenvalue weighted by atomic mass is 10.2. The first kappa shape index (κ1) is 17.8. The molecule has 0 aliphatic heterocycles. The Morgan fingerprint density at radius 1 is 1.35 bits per heavy atom. The molecular formula is C16H14BrN5O4. The van der Waals surface area contributed by atoms with Crippen LogP contribution in [0.4, 0.5) is 5.82 Å². The van der Waals surface area contributed by atoms with Crippen molar-refractivity contribution in [3.05, 3.63) is 68.5 Å². The molecule has 0 radical (unpaired) electrons. The Kier molecular flexibility index (Phi) is 5.12. The minimum absolute atomic E-state index is 0.221. The van der Waals surface area contributed by atoms with Crippen molar-refractivity contribution in [1.29, 1.82) is 0 Å². The molecular weight excluding hydrogens is 406 g/mol. The van der Waals surface area contributed by atoms with Gasteiger partial charge >= 0.3 is 5.82 Å². The monoisotopic (exact) mass is 419 g/mol. The lowest BCUT2D eigenvalue weighted by Crippen LogP contribution is -2.00. The van der Waals surface area contributed by atoms with Crippen LogP contribution in [0.2, 0.25) is 0 Å². The summed E-state index contributed by atoms with van der Waals surface area (Å²) in [5.41, 5.74) is 0.364. The van der Waals surface area contributed by atoms with E-state index >= 15 is 0 Å². The summed E-state index contributed by atoms with van der Waals surface area (Å²) >= 11 is 3.09. The Bertz CT molecular complexity index is 985. The van der Waals surface area contributed by atoms with E-state index in [1.54, 1.807) is 35.2 Å². The Morgan fingerprint density at radius 2 is 2.15 bits per heavy atom. The van der Waals surface area contributed by atoms with Gasteiger partial charge in [0.2, 0.25) is 5.78 Å². The molecule has 0 aliphatic carbocycles. The third-order valence-electron chi connectivity index (χ3n) is 3.49. The van der Waals surface area contributed by atoms with E-state index in [1.165, 1.54) is 17.0 Å². The quantitative estimate of drug-likeness (QED) is 0.251. The molecule has 10 heteroatoms. The molecule has 3 aromatic heterocycles. The third kappa shape index (κ3) is 3.97. The van der Waals surface area contributed by atoms with Gasteiger partial charge < -0.3 is 14.5 Å². The number of carbonyl (C=O) groups excluding carboxylic acids is 1. The fraction of sp³-hybridized carbons (Fsp3) is 0.188. The van der Waals surface area contributed by atoms with Crippen LogP contribution in [0.25, 0.3) is 6.08 Å². The molecule has 9 nitrogen and oxygen atoms in total. The summed E-state index contributed by atoms with van der Waals surface area (Å²) < 4.78 is 8.97. The van der Waals surface area contributed by atoms with Crippen molar-refractivity contribution in [3.63, 3.8) is 0 Å². The first-order valence-corrected chi connectivity index (χ1v) is 8.47. The minimum atomic E-state index is -0.567. The Hall–Kier alpha value is -3.01. The summed E-state index contributed by atoms with van der Waals surface area (Å²) in [5, 5.41) is 18.8. The molecule has 26 heavy (non-hydrogen) atoms. The van der Waals surface area contributed by atoms with E-state index in [0.29, 0.717) is 28.2 Å². The van der Waals surface area contributed by atoms with Gasteiger partial charge in [-0.3, -0.25) is 9.48 Å². The van der Waals surface area contributed by atoms with Crippen LogP contribution < -0.4 is 0 Å². The highest BCUT2D eigenvalue weighted by Crippen LogP contribution is 2.23. The molecule has 0 aliphatic rings. The number of rotatable bonds is 7. The maximum absolute atomic E-state index is 12.1. The molecule has 0 aromatic carbocycles. The van der Waals surface area contributed by atoms with Crippen molar-refractivity contribution in [3.8, 4) is 0 Å². The van der Waals surface area contributed by atoms with Gasteiger partial charge in [0.15, 0.2) is 0 Å². The average molecular weight is 420 g/mol. The van der Waals surface area contributed by atoms with Crippen LogP contribution in [-0.2, 0) is 13.1 Å². The zero-order valence-corrected chi connectivity index (χ0v) is 15.3. The van der Waals surface area contributed by atoms with Gasteiger partial charge in [-0.1, -0.05) is 0 Å². The number of furan rings is 1. The van der Waals surface area contributed by atoms with Gasteiger partial charge in [0.05, 0.1) is 11.3 Å². The molecule has 0 unspecified atom stereocenters. The smallest absolute Gasteiger partial charge is 0.404 e. The molecule has 0 saturated carbocycles. The van der Waals surface area contributed by atoms with Crippen molar-refractivity contribution >= 4 is 33.6 Å². The molecule has 0 atom stereocenters. The topological polar surface area (TPSA) is 109 Å². The Morgan fingerprint density at radius 3 is 2.81 bits per heavy atom. The van der Waals surface area contributed by atoms with Crippen LogP contribution in [-0.4, -0.2) is 30.3 Å². The largest absolute Gasteiger partial charge is 0.460 e. The number of hydrogen-bond donors (Lipinski definition) is 0. The SMILES string of the molecule is CCn1ccc(C(=O)/C=C/c2ccc(Cn3cc(Br)c([N+](=O)[O-])n3)o2)n1. The molecule has 0 saturated heterocycles. The molecule has 0 N–H and O–H groups in total. The standard InChI is InChI=1S/C16H14BrN5O4/c1-2-20-8-7-14(18-20)15(23)6-5-11-3-4-12(26-11)9-21-10-13(17)16(19-21)22(24)25/h3-8,10H,2,9H2,1H3/b6-5+. The fourth-order valence-corrected chi connectivity index (χ4v) is 2.69. The molecule has 3 rings (SSSR count). The Labute approximate surface area is 156 Å². The summed E-state index contributed by atoms with van der Waals surface area (Å²) in [6, 6.07) is 5.08. The molecule has 3 aromatic rings. The zero-order valence-electron chi connectivity index (χ0n) is 13.7. The lowest BCUT2D eigenvalue weighted by Gasteiger charge is -1.93. The second kappa shape index (κ2) is 7.48. The fourth-order valence-electron chi connectivity index (χ4n) is 2.23. The van der Waals surface area contributed by atoms with Crippen LogP contribution in [0.15, 0.2) is 45.6 Å². The Balaban J connectivity index is 1.66. The summed E-state index contributed by atoms with van der Waals surface area (Å²) in [5.74, 6) is 0.567. The van der Waals surface area contributed by atoms with E-state index in [-0.39, 0.29) is 18.1 Å². The molecule has 0 amide bonds. The van der Waals surface area contributed by atoms with E-state index in [9.17, 15) is 14.9 Å². The number of allylic oxidation sites excluding steroid dienone is 1. The molecule has 134 valence electrons. The van der Waals surface area contributed by atoms with Crippen LogP contribution >= 0.6 is 15.9 Å². The van der Waals surface area contributed by atoms with E-state index in [4.69, 9.17) is 4.42 Å². The van der Waals surface area contributed by atoms with Gasteiger partial charge in [-0.25, -0.2) is 0 Å². The molecule has 0 spiro atoms. The lowest BCUT2D eigenvalue weighted by molar-refractivity contribution is -0.390. The van der Waals surface area contributed by atoms with Gasteiger partial charge in [0.25, 0.3) is 0 Å². The number of aromatic nitrogens is 4. The third-order valence-corrected chi connectivity index (χ3v) is 4.05. The van der Waals surface area contributed by atoms with Crippen LogP contribution in [0.5, 0.6) is 0 Å². The van der Waals surface area contributed by atoms with E-state index in [2.05, 4.69) is 26.1 Å². The normalized spacial score (nSPS) is 11.3. The van der Waals surface area contributed by atoms with Crippen LogP contribution in [0, 0.1) is 10.1 Å². The average Bonchev–Trinajstić information content (AvgIpc) is 3.32. The molecule has 3 heterocycles. The van der Waals surface area contributed by atoms with Crippen molar-refractivity contribution in [2.24, 2.45) is 0 Å². The molecule has 0 bridgehead atoms. The van der Waals surface area contributed by atoms with Gasteiger partial charge in [-0.2, -0.15) is 9.78 Å². The first-order chi connectivity index (χ1) is 12.5. The minimum Gasteiger partial charge on any atom is -0.460 e. The van der Waals surface area contributed by atoms with Crippen molar-refractivity contribution in [2.75, 3.05) is 0 Å². The molecule has 0 fully saturated rings. The number of aryl methyl sites for hydroxylation is 1. The highest BCUT2D eigenvalue weighted by Gasteiger charge is 2.19. The van der Waals surface area contributed by atoms with Gasteiger partial charge in [-0.05, 0) is 58.1 Å². The summed E-state index contributed by atoms with van der Waals surface area (Å²) in [6.07, 6.45) is 6.19. The number of ketones is 1. The van der Waals surface area contributed by atoms with Crippen molar-refractivity contribution < 1.29 is 14.1 Å². The van der Waals surface area contributed by atoms with E-state index < -0.39 is 4.92 Å². The van der Waals surface area contributed by atoms with Gasteiger partial charge in [0, 0.05) is 12.7 Å². The summed E-state index contributed by atoms with van der Waals surface area (Å²) in [4.78, 5) is 22.3. The van der Waals surface area contributed by atoms with Crippen LogP contribution in [0.3, 0.4) is 0 Å². The van der Waals surface area contributed by atoms with Gasteiger partial charge in [0.1, 0.15) is 28.2 Å². The predicted octanol–water partition coefficient (Wildman–Crippen LogP) is 3.31. The number of nitro groups is 1. The van der Waals surface area contributed by atoms with Crippen molar-refractivity contribution in [2.45, 2.75) is 20.0 Å². The van der Waals surface area contributed by atoms with E-state index in [1.807, 2.05) is 6.92 Å². The highest BCUT2D eigenvalue weighted by atomic mass is 79.9. The highest BCUT2D eigenvalue weighted by molar-refractivity contribution is 9.10. The predicted molar refractivity (Wildman–Crippen MR) is 95.7 cm³/mol. The summed E-state index contributed by atoms with van der Waals surface area (Å²) in [6.45, 7) is 2.86. The maximum Gasteiger partial charge on any atom is 0.404 e. The number of nitrogens with zero attached hydrogens (tertiary/aromatic N) is 5.